The number of nitro benzene ring substituents is 1. The first-order chi connectivity index (χ1) is 8.60. The average Bonchev–Trinajstić information content (AvgIpc) is 2.32. The molecule has 1 aromatic carbocycles. The Kier molecular flexibility index (Phi) is 5.75. The Labute approximate surface area is 114 Å². The summed E-state index contributed by atoms with van der Waals surface area (Å²) in [5.74, 6) is 0. The molecule has 0 fully saturated rings. The van der Waals surface area contributed by atoms with E-state index in [1.165, 1.54) is 6.07 Å². The predicted molar refractivity (Wildman–Crippen MR) is 72.0 cm³/mol. The van der Waals surface area contributed by atoms with Crippen molar-refractivity contribution in [1.29, 1.82) is 5.26 Å². The molecule has 0 spiro atoms. The zero-order chi connectivity index (χ0) is 13.5. The molecule has 1 rings (SSSR count). The van der Waals surface area contributed by atoms with Crippen LogP contribution in [0.4, 0.5) is 5.69 Å². The Morgan fingerprint density at radius 2 is 2.28 bits per heavy atom. The zero-order valence-corrected chi connectivity index (χ0v) is 11.7. The van der Waals surface area contributed by atoms with E-state index in [0.717, 1.165) is 18.5 Å². The summed E-state index contributed by atoms with van der Waals surface area (Å²) in [7, 11) is 0. The van der Waals surface area contributed by atoms with E-state index in [9.17, 15) is 10.1 Å². The molecule has 0 aliphatic heterocycles. The van der Waals surface area contributed by atoms with E-state index in [-0.39, 0.29) is 5.69 Å². The highest BCUT2D eigenvalue weighted by atomic mass is 79.9. The van der Waals surface area contributed by atoms with Crippen molar-refractivity contribution in [3.05, 3.63) is 38.3 Å². The predicted octanol–water partition coefficient (Wildman–Crippen LogP) is 3.09. The van der Waals surface area contributed by atoms with Crippen molar-refractivity contribution in [2.45, 2.75) is 19.9 Å². The monoisotopic (exact) mass is 311 g/mol. The van der Waals surface area contributed by atoms with E-state index in [0.29, 0.717) is 17.6 Å². The van der Waals surface area contributed by atoms with Crippen LogP contribution in [0.25, 0.3) is 0 Å². The molecule has 0 saturated carbocycles. The summed E-state index contributed by atoms with van der Waals surface area (Å²) in [6.07, 6.45) is 0.939. The Morgan fingerprint density at radius 3 is 2.83 bits per heavy atom. The Balaban J connectivity index is 2.93. The lowest BCUT2D eigenvalue weighted by molar-refractivity contribution is -0.385. The van der Waals surface area contributed by atoms with Crippen LogP contribution >= 0.6 is 15.9 Å². The van der Waals surface area contributed by atoms with Crippen molar-refractivity contribution < 1.29 is 4.92 Å². The van der Waals surface area contributed by atoms with Gasteiger partial charge in [-0.05, 0) is 34.5 Å². The number of nitrogens with zero attached hydrogens (tertiary/aromatic N) is 3. The van der Waals surface area contributed by atoms with Gasteiger partial charge in [0, 0.05) is 12.6 Å². The molecule has 0 N–H and O–H groups in total. The van der Waals surface area contributed by atoms with Crippen molar-refractivity contribution in [2.75, 3.05) is 13.1 Å². The molecule has 0 radical (unpaired) electrons. The van der Waals surface area contributed by atoms with Crippen LogP contribution in [0.5, 0.6) is 0 Å². The van der Waals surface area contributed by atoms with Crippen molar-refractivity contribution in [1.82, 2.24) is 4.90 Å². The van der Waals surface area contributed by atoms with Gasteiger partial charge in [-0.1, -0.05) is 19.1 Å². The van der Waals surface area contributed by atoms with Gasteiger partial charge in [-0.3, -0.25) is 15.0 Å². The van der Waals surface area contributed by atoms with Crippen LogP contribution in [-0.2, 0) is 6.54 Å². The number of rotatable bonds is 6. The lowest BCUT2D eigenvalue weighted by Gasteiger charge is -2.18. The van der Waals surface area contributed by atoms with E-state index in [1.54, 1.807) is 6.07 Å². The van der Waals surface area contributed by atoms with Gasteiger partial charge in [0.05, 0.1) is 22.0 Å². The van der Waals surface area contributed by atoms with E-state index in [2.05, 4.69) is 22.0 Å². The van der Waals surface area contributed by atoms with Crippen molar-refractivity contribution in [2.24, 2.45) is 0 Å². The highest BCUT2D eigenvalue weighted by Gasteiger charge is 2.16. The van der Waals surface area contributed by atoms with Crippen LogP contribution in [0.2, 0.25) is 0 Å². The van der Waals surface area contributed by atoms with E-state index >= 15 is 0 Å². The molecule has 0 saturated heterocycles. The maximum absolute atomic E-state index is 10.8. The third-order valence-electron chi connectivity index (χ3n) is 2.48. The highest BCUT2D eigenvalue weighted by molar-refractivity contribution is 9.10. The largest absolute Gasteiger partial charge is 0.286 e. The quantitative estimate of drug-likeness (QED) is 0.460. The molecular formula is C12H14BrN3O2. The fourth-order valence-electron chi connectivity index (χ4n) is 1.70. The Hall–Kier alpha value is -1.45. The molecular weight excluding hydrogens is 298 g/mol. The second-order valence-electron chi connectivity index (χ2n) is 3.88. The minimum absolute atomic E-state index is 0.0564. The molecule has 0 aliphatic carbocycles. The second kappa shape index (κ2) is 7.09. The van der Waals surface area contributed by atoms with Gasteiger partial charge in [0.15, 0.2) is 0 Å². The maximum Gasteiger partial charge on any atom is 0.283 e. The fourth-order valence-corrected chi connectivity index (χ4v) is 2.24. The Bertz CT molecular complexity index is 471. The molecule has 0 aliphatic rings. The summed E-state index contributed by atoms with van der Waals surface area (Å²) in [4.78, 5) is 12.4. The first-order valence-corrected chi connectivity index (χ1v) is 6.40. The first kappa shape index (κ1) is 14.6. The molecule has 0 unspecified atom stereocenters. The van der Waals surface area contributed by atoms with Gasteiger partial charge in [0.25, 0.3) is 5.69 Å². The minimum atomic E-state index is -0.415. The number of benzene rings is 1. The summed E-state index contributed by atoms with van der Waals surface area (Å²) in [6.45, 7) is 3.68. The smallest absolute Gasteiger partial charge is 0.283 e. The van der Waals surface area contributed by atoms with Crippen molar-refractivity contribution in [3.63, 3.8) is 0 Å². The standard InChI is InChI=1S/C12H14BrN3O2/c1-2-7-15(8-6-14)9-10-4-3-5-11(12(10)13)16(17)18/h3-5H,2,7-9H2,1H3. The minimum Gasteiger partial charge on any atom is -0.286 e. The summed E-state index contributed by atoms with van der Waals surface area (Å²) in [5.41, 5.74) is 0.883. The van der Waals surface area contributed by atoms with Gasteiger partial charge in [-0.2, -0.15) is 5.26 Å². The van der Waals surface area contributed by atoms with Crippen LogP contribution in [0, 0.1) is 21.4 Å². The molecule has 0 atom stereocenters. The SMILES string of the molecule is CCCN(CC#N)Cc1cccc([N+](=O)[O-])c1Br. The fraction of sp³-hybridized carbons (Fsp3) is 0.417. The lowest BCUT2D eigenvalue weighted by Crippen LogP contribution is -2.24. The lowest BCUT2D eigenvalue weighted by atomic mass is 10.2. The van der Waals surface area contributed by atoms with Crippen LogP contribution in [0.15, 0.2) is 22.7 Å². The molecule has 1 aromatic rings. The van der Waals surface area contributed by atoms with Crippen LogP contribution in [0.3, 0.4) is 0 Å². The normalized spacial score (nSPS) is 10.3. The number of nitro groups is 1. The molecule has 96 valence electrons. The van der Waals surface area contributed by atoms with Gasteiger partial charge in [0.1, 0.15) is 0 Å². The third kappa shape index (κ3) is 3.79. The maximum atomic E-state index is 10.8. The van der Waals surface area contributed by atoms with Gasteiger partial charge >= 0.3 is 0 Å². The van der Waals surface area contributed by atoms with E-state index < -0.39 is 4.92 Å². The summed E-state index contributed by atoms with van der Waals surface area (Å²) >= 11 is 3.26. The first-order valence-electron chi connectivity index (χ1n) is 5.61. The Morgan fingerprint density at radius 1 is 1.56 bits per heavy atom. The number of hydrogen-bond donors (Lipinski definition) is 0. The average molecular weight is 312 g/mol. The van der Waals surface area contributed by atoms with Crippen LogP contribution in [-0.4, -0.2) is 22.9 Å². The van der Waals surface area contributed by atoms with Gasteiger partial charge in [0.2, 0.25) is 0 Å². The number of hydrogen-bond acceptors (Lipinski definition) is 4. The van der Waals surface area contributed by atoms with Gasteiger partial charge < -0.3 is 0 Å². The molecule has 18 heavy (non-hydrogen) atoms. The molecule has 5 nitrogen and oxygen atoms in total. The third-order valence-corrected chi connectivity index (χ3v) is 3.40. The van der Waals surface area contributed by atoms with Crippen LogP contribution in [0.1, 0.15) is 18.9 Å². The topological polar surface area (TPSA) is 70.2 Å². The molecule has 0 amide bonds. The molecule has 0 heterocycles. The van der Waals surface area contributed by atoms with E-state index in [1.807, 2.05) is 17.9 Å². The molecule has 6 heteroatoms. The molecule has 0 bridgehead atoms. The van der Waals surface area contributed by atoms with Gasteiger partial charge in [-0.15, -0.1) is 0 Å². The zero-order valence-electron chi connectivity index (χ0n) is 10.1. The summed E-state index contributed by atoms with van der Waals surface area (Å²) in [5, 5.41) is 19.6. The number of nitriles is 1. The number of halogens is 1. The second-order valence-corrected chi connectivity index (χ2v) is 4.67. The molecule has 0 aromatic heterocycles. The summed E-state index contributed by atoms with van der Waals surface area (Å²) in [6, 6.07) is 7.06. The van der Waals surface area contributed by atoms with Crippen molar-refractivity contribution >= 4 is 21.6 Å². The van der Waals surface area contributed by atoms with Crippen LogP contribution < -0.4 is 0 Å². The highest BCUT2D eigenvalue weighted by Crippen LogP contribution is 2.29. The summed E-state index contributed by atoms with van der Waals surface area (Å²) < 4.78 is 0.494. The van der Waals surface area contributed by atoms with E-state index in [4.69, 9.17) is 5.26 Å². The van der Waals surface area contributed by atoms with Gasteiger partial charge in [-0.25, -0.2) is 0 Å². The van der Waals surface area contributed by atoms with Crippen molar-refractivity contribution in [3.8, 4) is 6.07 Å².